The van der Waals surface area contributed by atoms with Crippen LogP contribution in [-0.2, 0) is 23.7 Å². The highest BCUT2D eigenvalue weighted by Gasteiger charge is 2.64. The average Bonchev–Trinajstić information content (AvgIpc) is 3.09. The van der Waals surface area contributed by atoms with Gasteiger partial charge in [-0.3, -0.25) is 0 Å². The zero-order valence-electron chi connectivity index (χ0n) is 19.4. The molecule has 2 heterocycles. The molecule has 0 spiro atoms. The first-order valence-electron chi connectivity index (χ1n) is 11.5. The molecule has 0 aromatic heterocycles. The van der Waals surface area contributed by atoms with Crippen molar-refractivity contribution in [3.8, 4) is 5.75 Å². The summed E-state index contributed by atoms with van der Waals surface area (Å²) in [5.74, 6) is -2.67. The van der Waals surface area contributed by atoms with E-state index in [0.29, 0.717) is 5.56 Å². The Morgan fingerprint density at radius 3 is 2.43 bits per heavy atom. The highest BCUT2D eigenvalue weighted by atomic mass is 35.5. The van der Waals surface area contributed by atoms with Gasteiger partial charge in [0.2, 0.25) is 6.29 Å². The fourth-order valence-electron chi connectivity index (χ4n) is 4.76. The van der Waals surface area contributed by atoms with Crippen LogP contribution in [0.5, 0.6) is 5.75 Å². The summed E-state index contributed by atoms with van der Waals surface area (Å²) in [6, 6.07) is 6.04. The van der Waals surface area contributed by atoms with Gasteiger partial charge < -0.3 is 54.7 Å². The molecule has 0 bridgehead atoms. The van der Waals surface area contributed by atoms with E-state index < -0.39 is 85.1 Å². The van der Waals surface area contributed by atoms with Gasteiger partial charge in [0.15, 0.2) is 6.29 Å². The van der Waals surface area contributed by atoms with Crippen molar-refractivity contribution in [1.82, 2.24) is 0 Å². The number of halogens is 1. The maximum absolute atomic E-state index is 12.3. The summed E-state index contributed by atoms with van der Waals surface area (Å²) in [4.78, 5) is 12.3. The summed E-state index contributed by atoms with van der Waals surface area (Å²) in [5.41, 5.74) is -1.45. The predicted molar refractivity (Wildman–Crippen MR) is 125 cm³/mol. The van der Waals surface area contributed by atoms with Crippen LogP contribution < -0.4 is 0 Å². The van der Waals surface area contributed by atoms with Gasteiger partial charge in [0.25, 0.3) is 0 Å². The smallest absolute Gasteiger partial charge is 0.330 e. The Bertz CT molecular complexity index is 1000. The predicted octanol–water partition coefficient (Wildman–Crippen LogP) is -1.42. The minimum absolute atomic E-state index is 0.0636. The molecule has 1 aromatic carbocycles. The quantitative estimate of drug-likeness (QED) is 0.120. The molecule has 0 unspecified atom stereocenters. The zero-order valence-corrected chi connectivity index (χ0v) is 20.1. The van der Waals surface area contributed by atoms with Crippen molar-refractivity contribution in [2.24, 2.45) is 11.8 Å². The van der Waals surface area contributed by atoms with Gasteiger partial charge in [0, 0.05) is 12.0 Å². The summed E-state index contributed by atoms with van der Waals surface area (Å²) in [7, 11) is 0. The van der Waals surface area contributed by atoms with Crippen LogP contribution in [0.3, 0.4) is 0 Å². The molecule has 3 aliphatic rings. The lowest BCUT2D eigenvalue weighted by atomic mass is 9.84. The number of aliphatic hydroxyl groups excluding tert-OH is 5. The molecule has 37 heavy (non-hydrogen) atoms. The second kappa shape index (κ2) is 11.2. The fourth-order valence-corrected chi connectivity index (χ4v) is 5.13. The Morgan fingerprint density at radius 1 is 1.05 bits per heavy atom. The van der Waals surface area contributed by atoms with Crippen molar-refractivity contribution in [2.45, 2.75) is 54.1 Å². The lowest BCUT2D eigenvalue weighted by Gasteiger charge is -2.44. The van der Waals surface area contributed by atoms with E-state index in [1.165, 1.54) is 30.5 Å². The highest BCUT2D eigenvalue weighted by molar-refractivity contribution is 6.22. The van der Waals surface area contributed by atoms with E-state index in [2.05, 4.69) is 0 Å². The largest absolute Gasteiger partial charge is 0.508 e. The summed E-state index contributed by atoms with van der Waals surface area (Å²) >= 11 is 6.38. The van der Waals surface area contributed by atoms with Crippen LogP contribution in [0.4, 0.5) is 0 Å². The number of rotatable bonds is 7. The molecular formula is C24H29ClO12. The number of hydrogen-bond acceptors (Lipinski definition) is 12. The Labute approximate surface area is 216 Å². The van der Waals surface area contributed by atoms with E-state index in [4.69, 9.17) is 30.5 Å². The highest BCUT2D eigenvalue weighted by Crippen LogP contribution is 2.49. The number of benzene rings is 1. The van der Waals surface area contributed by atoms with Gasteiger partial charge in [-0.2, -0.15) is 0 Å². The van der Waals surface area contributed by atoms with Gasteiger partial charge in [-0.05, 0) is 29.8 Å². The first-order valence-corrected chi connectivity index (χ1v) is 12.0. The van der Waals surface area contributed by atoms with Crippen molar-refractivity contribution in [1.29, 1.82) is 0 Å². The normalized spacial score (nSPS) is 41.4. The molecule has 11 atom stereocenters. The van der Waals surface area contributed by atoms with Crippen LogP contribution in [-0.4, -0.2) is 109 Å². The van der Waals surface area contributed by atoms with Gasteiger partial charge >= 0.3 is 5.97 Å². The number of alkyl halides is 1. The molecule has 1 aliphatic carbocycles. The van der Waals surface area contributed by atoms with E-state index >= 15 is 0 Å². The molecule has 0 radical (unpaired) electrons. The zero-order chi connectivity index (χ0) is 26.9. The molecule has 204 valence electrons. The van der Waals surface area contributed by atoms with Crippen LogP contribution in [0.2, 0.25) is 0 Å². The molecule has 13 heteroatoms. The third-order valence-corrected chi connectivity index (χ3v) is 7.47. The van der Waals surface area contributed by atoms with Gasteiger partial charge in [0.05, 0.1) is 30.3 Å². The van der Waals surface area contributed by atoms with Crippen LogP contribution >= 0.6 is 11.6 Å². The molecular weight excluding hydrogens is 516 g/mol. The van der Waals surface area contributed by atoms with Crippen molar-refractivity contribution in [3.05, 3.63) is 48.2 Å². The number of aromatic hydroxyl groups is 1. The number of aliphatic hydroxyl groups is 6. The van der Waals surface area contributed by atoms with Crippen molar-refractivity contribution in [2.75, 3.05) is 13.2 Å². The number of carbonyl (C=O) groups excluding carboxylic acids is 1. The average molecular weight is 545 g/mol. The Balaban J connectivity index is 1.48. The van der Waals surface area contributed by atoms with E-state index in [0.717, 1.165) is 6.08 Å². The Kier molecular flexibility index (Phi) is 8.43. The van der Waals surface area contributed by atoms with E-state index in [-0.39, 0.29) is 5.75 Å². The number of esters is 1. The fraction of sp³-hybridized carbons (Fsp3) is 0.542. The summed E-state index contributed by atoms with van der Waals surface area (Å²) in [6.45, 7) is -1.33. The number of fused-ring (bicyclic) bond motifs is 1. The van der Waals surface area contributed by atoms with Crippen LogP contribution in [0.1, 0.15) is 5.56 Å². The van der Waals surface area contributed by atoms with Gasteiger partial charge in [-0.15, -0.1) is 11.6 Å². The molecule has 12 nitrogen and oxygen atoms in total. The van der Waals surface area contributed by atoms with Crippen LogP contribution in [0.25, 0.3) is 6.08 Å². The Morgan fingerprint density at radius 2 is 1.76 bits per heavy atom. The van der Waals surface area contributed by atoms with Crippen molar-refractivity contribution >= 4 is 23.6 Å². The molecule has 4 rings (SSSR count). The third-order valence-electron chi connectivity index (χ3n) is 6.84. The minimum atomic E-state index is -2.06. The lowest BCUT2D eigenvalue weighted by molar-refractivity contribution is -0.347. The Hall–Kier alpha value is -2.26. The monoisotopic (exact) mass is 544 g/mol. The molecule has 1 aromatic rings. The standard InChI is InChI=1S/C24H29ClO12/c25-21-17(29)13-7-8-34-22(37-23-20(32)19(31)18(30)14(9-26)36-23)16(13)24(21,33)10-35-15(28)6-3-11-1-4-12(27)5-2-11/h1-8,13-14,16-23,26-27,29-33H,9-10H2/b6-3-/t13-,14-,16-,17+,18-,19+,20-,21-,22+,23+,24-/m1/s1. The van der Waals surface area contributed by atoms with Crippen molar-refractivity contribution in [3.63, 3.8) is 0 Å². The first-order chi connectivity index (χ1) is 17.6. The molecule has 2 aliphatic heterocycles. The number of hydrogen-bond donors (Lipinski definition) is 7. The van der Waals surface area contributed by atoms with Gasteiger partial charge in [-0.25, -0.2) is 4.79 Å². The number of carbonyl (C=O) groups is 1. The summed E-state index contributed by atoms with van der Waals surface area (Å²) < 4.78 is 21.8. The lowest BCUT2D eigenvalue weighted by Crippen LogP contribution is -2.61. The summed E-state index contributed by atoms with van der Waals surface area (Å²) in [5, 5.41) is 70.0. The van der Waals surface area contributed by atoms with Crippen molar-refractivity contribution < 1.29 is 59.5 Å². The second-order valence-corrected chi connectivity index (χ2v) is 9.66. The molecule has 1 saturated carbocycles. The summed E-state index contributed by atoms with van der Waals surface area (Å²) in [6.07, 6.45) is -5.34. The van der Waals surface area contributed by atoms with Gasteiger partial charge in [-0.1, -0.05) is 12.1 Å². The topological polar surface area (TPSA) is 196 Å². The second-order valence-electron chi connectivity index (χ2n) is 9.19. The third kappa shape index (κ3) is 5.48. The molecule has 7 N–H and O–H groups in total. The van der Waals surface area contributed by atoms with Crippen LogP contribution in [0.15, 0.2) is 42.7 Å². The van der Waals surface area contributed by atoms with Gasteiger partial charge in [0.1, 0.15) is 42.4 Å². The molecule has 1 saturated heterocycles. The maximum atomic E-state index is 12.3. The number of phenols is 1. The molecule has 0 amide bonds. The van der Waals surface area contributed by atoms with E-state index in [1.54, 1.807) is 12.1 Å². The molecule has 2 fully saturated rings. The van der Waals surface area contributed by atoms with E-state index in [9.17, 15) is 40.5 Å². The number of ether oxygens (including phenoxy) is 4. The first kappa shape index (κ1) is 27.8. The number of phenolic OH excluding ortho intramolecular Hbond substituents is 1. The maximum Gasteiger partial charge on any atom is 0.330 e. The van der Waals surface area contributed by atoms with E-state index in [1.807, 2.05) is 0 Å². The minimum Gasteiger partial charge on any atom is -0.508 e. The van der Waals surface area contributed by atoms with Crippen LogP contribution in [0, 0.1) is 11.8 Å². The SMILES string of the molecule is O=C(/C=C\c1ccc(O)cc1)OC[C@@]1(O)[C@H]2[C@H](O[C@@H]3O[C@H](CO)[C@@H](O)[C@H](O)[C@H]3O)OC=C[C@H]2[C@H](O)[C@H]1Cl.